The Kier molecular flexibility index (Phi) is 7.17. The monoisotopic (exact) mass is 432 g/mol. The Morgan fingerprint density at radius 2 is 2.06 bits per heavy atom. The highest BCUT2D eigenvalue weighted by atomic mass is 19.3. The number of hydrogen-bond acceptors (Lipinski definition) is 5. The summed E-state index contributed by atoms with van der Waals surface area (Å²) in [4.78, 5) is 16.5. The summed E-state index contributed by atoms with van der Waals surface area (Å²) >= 11 is 0. The number of carbonyl (C=O) groups is 1. The largest absolute Gasteiger partial charge is 0.487 e. The molecule has 7 nitrogen and oxygen atoms in total. The lowest BCUT2D eigenvalue weighted by atomic mass is 10.1. The van der Waals surface area contributed by atoms with Crippen LogP contribution in [0.4, 0.5) is 8.78 Å². The fraction of sp³-hybridized carbons (Fsp3) is 0.409. The molecule has 0 bridgehead atoms. The summed E-state index contributed by atoms with van der Waals surface area (Å²) in [6.45, 7) is 4.93. The van der Waals surface area contributed by atoms with Crippen molar-refractivity contribution >= 4 is 16.8 Å². The van der Waals surface area contributed by atoms with Crippen LogP contribution >= 0.6 is 0 Å². The molecule has 2 N–H and O–H groups in total. The van der Waals surface area contributed by atoms with Gasteiger partial charge >= 0.3 is 0 Å². The second-order valence-corrected chi connectivity index (χ2v) is 7.53. The lowest BCUT2D eigenvalue weighted by molar-refractivity contribution is -0.120. The molecule has 31 heavy (non-hydrogen) atoms. The Balaban J connectivity index is 1.80. The standard InChI is InChI=1S/C22H26F2N4O3/c1-13-8-16(4-5-20(13)31-12-21(23)24)15(3)28-11-17-18(27-28)6-7-25-19(17)9-22(30)26-10-14(2)29/h4-8,11,14-15,21,29H,9-10,12H2,1-3H3,(H,26,30)/t14-,15?/m1/s1. The number of benzene rings is 1. The maximum Gasteiger partial charge on any atom is 0.272 e. The number of aliphatic hydroxyl groups is 1. The molecular formula is C22H26F2N4O3. The van der Waals surface area contributed by atoms with Gasteiger partial charge in [0.15, 0.2) is 0 Å². The maximum absolute atomic E-state index is 12.4. The van der Waals surface area contributed by atoms with Gasteiger partial charge in [-0.05, 0) is 44.0 Å². The Hall–Kier alpha value is -3.07. The van der Waals surface area contributed by atoms with E-state index in [1.54, 1.807) is 29.9 Å². The first-order valence-electron chi connectivity index (χ1n) is 10.0. The summed E-state index contributed by atoms with van der Waals surface area (Å²) in [5.74, 6) is 0.202. The predicted molar refractivity (Wildman–Crippen MR) is 112 cm³/mol. The molecular weight excluding hydrogens is 406 g/mol. The number of rotatable bonds is 9. The zero-order valence-electron chi connectivity index (χ0n) is 17.7. The summed E-state index contributed by atoms with van der Waals surface area (Å²) in [6.07, 6.45) is 0.402. The van der Waals surface area contributed by atoms with Crippen molar-refractivity contribution in [2.45, 2.75) is 45.8 Å². The number of fused-ring (bicyclic) bond motifs is 1. The molecule has 0 aliphatic carbocycles. The molecule has 2 atom stereocenters. The van der Waals surface area contributed by atoms with Crippen LogP contribution in [0.3, 0.4) is 0 Å². The summed E-state index contributed by atoms with van der Waals surface area (Å²) in [7, 11) is 0. The molecule has 0 fully saturated rings. The van der Waals surface area contributed by atoms with Gasteiger partial charge in [0.1, 0.15) is 12.4 Å². The first-order valence-corrected chi connectivity index (χ1v) is 10.0. The van der Waals surface area contributed by atoms with Gasteiger partial charge in [-0.25, -0.2) is 8.78 Å². The summed E-state index contributed by atoms with van der Waals surface area (Å²) in [6, 6.07) is 7.05. The molecule has 0 aliphatic rings. The van der Waals surface area contributed by atoms with Gasteiger partial charge in [-0.2, -0.15) is 5.10 Å². The third kappa shape index (κ3) is 5.75. The number of aliphatic hydroxyl groups excluding tert-OH is 1. The number of alkyl halides is 2. The number of amides is 1. The minimum atomic E-state index is -2.52. The number of nitrogens with zero attached hydrogens (tertiary/aromatic N) is 3. The molecule has 1 unspecified atom stereocenters. The van der Waals surface area contributed by atoms with Crippen LogP contribution in [0.15, 0.2) is 36.7 Å². The quantitative estimate of drug-likeness (QED) is 0.543. The lowest BCUT2D eigenvalue weighted by Gasteiger charge is -2.15. The van der Waals surface area contributed by atoms with E-state index in [0.29, 0.717) is 17.0 Å². The molecule has 3 aromatic rings. The third-order valence-electron chi connectivity index (χ3n) is 4.90. The highest BCUT2D eigenvalue weighted by Crippen LogP contribution is 2.27. The van der Waals surface area contributed by atoms with E-state index in [9.17, 15) is 18.7 Å². The van der Waals surface area contributed by atoms with E-state index in [4.69, 9.17) is 4.74 Å². The molecule has 2 aromatic heterocycles. The van der Waals surface area contributed by atoms with Crippen LogP contribution < -0.4 is 10.1 Å². The molecule has 0 aliphatic heterocycles. The van der Waals surface area contributed by atoms with E-state index < -0.39 is 19.1 Å². The van der Waals surface area contributed by atoms with E-state index >= 15 is 0 Å². The number of nitrogens with one attached hydrogen (secondary N) is 1. The SMILES string of the molecule is Cc1cc(C(C)n2cc3c(CC(=O)NC[C@@H](C)O)nccc3n2)ccc1OCC(F)F. The zero-order chi connectivity index (χ0) is 22.5. The smallest absolute Gasteiger partial charge is 0.272 e. The Labute approximate surface area is 179 Å². The normalized spacial score (nSPS) is 13.4. The Morgan fingerprint density at radius 3 is 2.74 bits per heavy atom. The predicted octanol–water partition coefficient (Wildman–Crippen LogP) is 3.03. The first-order chi connectivity index (χ1) is 14.7. The van der Waals surface area contributed by atoms with Crippen molar-refractivity contribution in [3.8, 4) is 5.75 Å². The van der Waals surface area contributed by atoms with Crippen molar-refractivity contribution in [2.75, 3.05) is 13.2 Å². The molecule has 0 spiro atoms. The average Bonchev–Trinajstić information content (AvgIpc) is 3.16. The maximum atomic E-state index is 12.4. The van der Waals surface area contributed by atoms with Gasteiger partial charge in [-0.3, -0.25) is 14.5 Å². The van der Waals surface area contributed by atoms with Gasteiger partial charge < -0.3 is 15.2 Å². The molecule has 1 aromatic carbocycles. The van der Waals surface area contributed by atoms with Crippen molar-refractivity contribution in [1.29, 1.82) is 0 Å². The van der Waals surface area contributed by atoms with Crippen LogP contribution in [-0.4, -0.2) is 51.5 Å². The second-order valence-electron chi connectivity index (χ2n) is 7.53. The number of ether oxygens (including phenoxy) is 1. The Morgan fingerprint density at radius 1 is 1.29 bits per heavy atom. The van der Waals surface area contributed by atoms with Crippen molar-refractivity contribution in [3.63, 3.8) is 0 Å². The molecule has 0 saturated carbocycles. The fourth-order valence-electron chi connectivity index (χ4n) is 3.23. The van der Waals surface area contributed by atoms with Crippen LogP contribution in [0.1, 0.15) is 36.7 Å². The van der Waals surface area contributed by atoms with Gasteiger partial charge in [0.25, 0.3) is 6.43 Å². The topological polar surface area (TPSA) is 89.3 Å². The van der Waals surface area contributed by atoms with E-state index in [-0.39, 0.29) is 24.9 Å². The molecule has 0 saturated heterocycles. The van der Waals surface area contributed by atoms with Crippen molar-refractivity contribution in [1.82, 2.24) is 20.1 Å². The molecule has 2 heterocycles. The molecule has 9 heteroatoms. The van der Waals surface area contributed by atoms with Gasteiger partial charge in [0.2, 0.25) is 5.91 Å². The second kappa shape index (κ2) is 9.82. The highest BCUT2D eigenvalue weighted by molar-refractivity contribution is 5.86. The van der Waals surface area contributed by atoms with Gasteiger partial charge in [-0.1, -0.05) is 12.1 Å². The first kappa shape index (κ1) is 22.6. The zero-order valence-corrected chi connectivity index (χ0v) is 17.7. The number of halogens is 2. The van der Waals surface area contributed by atoms with Crippen LogP contribution in [0.25, 0.3) is 10.9 Å². The van der Waals surface area contributed by atoms with Crippen molar-refractivity contribution < 1.29 is 23.4 Å². The summed E-state index contributed by atoms with van der Waals surface area (Å²) < 4.78 is 31.7. The average molecular weight is 432 g/mol. The molecule has 1 amide bonds. The highest BCUT2D eigenvalue weighted by Gasteiger charge is 2.16. The lowest BCUT2D eigenvalue weighted by Crippen LogP contribution is -2.31. The minimum Gasteiger partial charge on any atom is -0.487 e. The number of pyridine rings is 1. The van der Waals surface area contributed by atoms with Gasteiger partial charge in [0.05, 0.1) is 29.8 Å². The van der Waals surface area contributed by atoms with Gasteiger partial charge in [-0.15, -0.1) is 0 Å². The fourth-order valence-corrected chi connectivity index (χ4v) is 3.23. The minimum absolute atomic E-state index is 0.0828. The summed E-state index contributed by atoms with van der Waals surface area (Å²) in [5, 5.41) is 17.4. The van der Waals surface area contributed by atoms with Crippen LogP contribution in [-0.2, 0) is 11.2 Å². The van der Waals surface area contributed by atoms with E-state index in [1.165, 1.54) is 0 Å². The Bertz CT molecular complexity index is 1050. The van der Waals surface area contributed by atoms with Gasteiger partial charge in [0, 0.05) is 24.3 Å². The van der Waals surface area contributed by atoms with Crippen LogP contribution in [0.5, 0.6) is 5.75 Å². The van der Waals surface area contributed by atoms with Crippen molar-refractivity contribution in [2.24, 2.45) is 0 Å². The van der Waals surface area contributed by atoms with E-state index in [2.05, 4.69) is 15.4 Å². The number of aromatic nitrogens is 3. The molecule has 166 valence electrons. The van der Waals surface area contributed by atoms with E-state index in [0.717, 1.165) is 16.5 Å². The number of hydrogen-bond donors (Lipinski definition) is 2. The van der Waals surface area contributed by atoms with Crippen LogP contribution in [0.2, 0.25) is 0 Å². The molecule has 3 rings (SSSR count). The third-order valence-corrected chi connectivity index (χ3v) is 4.90. The van der Waals surface area contributed by atoms with Crippen molar-refractivity contribution in [3.05, 3.63) is 53.5 Å². The number of carbonyl (C=O) groups excluding carboxylic acids is 1. The summed E-state index contributed by atoms with van der Waals surface area (Å²) in [5.41, 5.74) is 3.03. The molecule has 0 radical (unpaired) electrons. The number of aryl methyl sites for hydroxylation is 1. The van der Waals surface area contributed by atoms with Crippen LogP contribution in [0, 0.1) is 6.92 Å². The van der Waals surface area contributed by atoms with E-state index in [1.807, 2.05) is 32.2 Å².